The van der Waals surface area contributed by atoms with Crippen molar-refractivity contribution in [1.82, 2.24) is 4.98 Å². The highest BCUT2D eigenvalue weighted by Gasteiger charge is 2.02. The van der Waals surface area contributed by atoms with Gasteiger partial charge in [0.25, 0.3) is 0 Å². The Balaban J connectivity index is 2.90. The molecule has 1 aromatic carbocycles. The lowest BCUT2D eigenvalue weighted by Gasteiger charge is -1.88. The van der Waals surface area contributed by atoms with Crippen LogP contribution < -0.4 is 0 Å². The standard InChI is InChI=1S/C7H3BrClNS/c8-4-2-1-3-5-6(4)11-7(9)10-5/h1-3H. The first kappa shape index (κ1) is 7.53. The van der Waals surface area contributed by atoms with Gasteiger partial charge in [0, 0.05) is 4.47 Å². The summed E-state index contributed by atoms with van der Waals surface area (Å²) in [6.45, 7) is 0. The molecule has 0 aliphatic carbocycles. The first-order valence-corrected chi connectivity index (χ1v) is 4.96. The molecule has 0 amide bonds. The van der Waals surface area contributed by atoms with E-state index in [1.807, 2.05) is 18.2 Å². The highest BCUT2D eigenvalue weighted by Crippen LogP contribution is 2.31. The van der Waals surface area contributed by atoms with E-state index in [1.165, 1.54) is 11.3 Å². The molecule has 0 N–H and O–H groups in total. The molecule has 2 aromatic rings. The molecule has 0 fully saturated rings. The fourth-order valence-electron chi connectivity index (χ4n) is 0.888. The molecular formula is C7H3BrClNS. The van der Waals surface area contributed by atoms with Crippen LogP contribution in [0, 0.1) is 0 Å². The van der Waals surface area contributed by atoms with Crippen molar-refractivity contribution in [2.24, 2.45) is 0 Å². The van der Waals surface area contributed by atoms with E-state index in [0.717, 1.165) is 14.7 Å². The van der Waals surface area contributed by atoms with Crippen molar-refractivity contribution in [3.8, 4) is 0 Å². The van der Waals surface area contributed by atoms with Gasteiger partial charge in [-0.05, 0) is 28.1 Å². The van der Waals surface area contributed by atoms with Crippen molar-refractivity contribution in [3.05, 3.63) is 27.1 Å². The zero-order chi connectivity index (χ0) is 7.84. The topological polar surface area (TPSA) is 12.9 Å². The number of benzene rings is 1. The summed E-state index contributed by atoms with van der Waals surface area (Å²) in [6, 6.07) is 5.88. The minimum atomic E-state index is 0.590. The number of hydrogen-bond acceptors (Lipinski definition) is 2. The Hall–Kier alpha value is -0.120. The van der Waals surface area contributed by atoms with Crippen molar-refractivity contribution in [2.45, 2.75) is 0 Å². The van der Waals surface area contributed by atoms with Gasteiger partial charge in [0.1, 0.15) is 0 Å². The fourth-order valence-corrected chi connectivity index (χ4v) is 2.51. The predicted octanol–water partition coefficient (Wildman–Crippen LogP) is 3.71. The predicted molar refractivity (Wildman–Crippen MR) is 52.3 cm³/mol. The van der Waals surface area contributed by atoms with Crippen LogP contribution in [0.2, 0.25) is 4.47 Å². The molecule has 11 heavy (non-hydrogen) atoms. The van der Waals surface area contributed by atoms with Crippen LogP contribution in [-0.4, -0.2) is 4.98 Å². The van der Waals surface area contributed by atoms with Gasteiger partial charge in [-0.15, -0.1) is 11.3 Å². The molecule has 4 heteroatoms. The molecule has 0 bridgehead atoms. The summed E-state index contributed by atoms with van der Waals surface area (Å²) < 4.78 is 2.75. The van der Waals surface area contributed by atoms with E-state index < -0.39 is 0 Å². The lowest BCUT2D eigenvalue weighted by Crippen LogP contribution is -1.66. The van der Waals surface area contributed by atoms with Crippen LogP contribution in [0.1, 0.15) is 0 Å². The molecule has 0 aliphatic heterocycles. The molecule has 0 unspecified atom stereocenters. The maximum atomic E-state index is 5.74. The van der Waals surface area contributed by atoms with Crippen molar-refractivity contribution in [1.29, 1.82) is 0 Å². The Morgan fingerprint density at radius 1 is 1.45 bits per heavy atom. The lowest BCUT2D eigenvalue weighted by atomic mass is 10.3. The van der Waals surface area contributed by atoms with Gasteiger partial charge in [-0.2, -0.15) is 0 Å². The molecule has 0 radical (unpaired) electrons. The van der Waals surface area contributed by atoms with E-state index >= 15 is 0 Å². The number of halogens is 2. The maximum absolute atomic E-state index is 5.74. The van der Waals surface area contributed by atoms with Gasteiger partial charge in [0.05, 0.1) is 10.2 Å². The Labute approximate surface area is 81.1 Å². The van der Waals surface area contributed by atoms with Crippen LogP contribution in [0.3, 0.4) is 0 Å². The van der Waals surface area contributed by atoms with E-state index in [-0.39, 0.29) is 0 Å². The molecule has 1 nitrogen and oxygen atoms in total. The summed E-state index contributed by atoms with van der Waals surface area (Å²) in [6.07, 6.45) is 0. The van der Waals surface area contributed by atoms with Crippen LogP contribution >= 0.6 is 38.9 Å². The molecule has 0 aliphatic rings. The summed E-state index contributed by atoms with van der Waals surface area (Å²) in [5.41, 5.74) is 0.953. The fraction of sp³-hybridized carbons (Fsp3) is 0. The Kier molecular flexibility index (Phi) is 1.87. The second kappa shape index (κ2) is 2.73. The quantitative estimate of drug-likeness (QED) is 0.692. The largest absolute Gasteiger partial charge is 0.225 e. The van der Waals surface area contributed by atoms with E-state index in [9.17, 15) is 0 Å². The second-order valence-electron chi connectivity index (χ2n) is 2.05. The normalized spacial score (nSPS) is 10.7. The lowest BCUT2D eigenvalue weighted by molar-refractivity contribution is 1.50. The number of nitrogens with zero attached hydrogens (tertiary/aromatic N) is 1. The number of hydrogen-bond donors (Lipinski definition) is 0. The first-order valence-electron chi connectivity index (χ1n) is 2.98. The molecule has 0 atom stereocenters. The van der Waals surface area contributed by atoms with Gasteiger partial charge in [-0.25, -0.2) is 4.98 Å². The zero-order valence-electron chi connectivity index (χ0n) is 5.34. The first-order chi connectivity index (χ1) is 5.27. The SMILES string of the molecule is Clc1nc2cccc(Br)c2s1. The maximum Gasteiger partial charge on any atom is 0.184 e. The van der Waals surface area contributed by atoms with Gasteiger partial charge in [-0.3, -0.25) is 0 Å². The molecule has 1 aromatic heterocycles. The summed E-state index contributed by atoms with van der Waals surface area (Å²) in [5, 5.41) is 0. The van der Waals surface area contributed by atoms with Gasteiger partial charge < -0.3 is 0 Å². The average molecular weight is 249 g/mol. The van der Waals surface area contributed by atoms with Crippen LogP contribution in [0.15, 0.2) is 22.7 Å². The molecule has 2 rings (SSSR count). The average Bonchev–Trinajstić information content (AvgIpc) is 2.31. The number of thiazole rings is 1. The minimum Gasteiger partial charge on any atom is -0.225 e. The van der Waals surface area contributed by atoms with Gasteiger partial charge in [0.2, 0.25) is 0 Å². The van der Waals surface area contributed by atoms with Crippen molar-refractivity contribution in [3.63, 3.8) is 0 Å². The van der Waals surface area contributed by atoms with Crippen molar-refractivity contribution >= 4 is 49.1 Å². The minimum absolute atomic E-state index is 0.590. The third-order valence-corrected chi connectivity index (χ3v) is 3.47. The number of rotatable bonds is 0. The van der Waals surface area contributed by atoms with Gasteiger partial charge in [-0.1, -0.05) is 17.7 Å². The van der Waals surface area contributed by atoms with Crippen LogP contribution in [-0.2, 0) is 0 Å². The summed E-state index contributed by atoms with van der Waals surface area (Å²) in [7, 11) is 0. The Bertz CT molecular complexity index is 398. The monoisotopic (exact) mass is 247 g/mol. The third-order valence-electron chi connectivity index (χ3n) is 1.34. The number of fused-ring (bicyclic) bond motifs is 1. The van der Waals surface area contributed by atoms with Crippen LogP contribution in [0.4, 0.5) is 0 Å². The Morgan fingerprint density at radius 3 is 3.00 bits per heavy atom. The van der Waals surface area contributed by atoms with Gasteiger partial charge in [0.15, 0.2) is 4.47 Å². The van der Waals surface area contributed by atoms with Crippen LogP contribution in [0.5, 0.6) is 0 Å². The van der Waals surface area contributed by atoms with E-state index in [4.69, 9.17) is 11.6 Å². The molecule has 1 heterocycles. The number of aromatic nitrogens is 1. The van der Waals surface area contributed by atoms with E-state index in [1.54, 1.807) is 0 Å². The van der Waals surface area contributed by atoms with Crippen molar-refractivity contribution < 1.29 is 0 Å². The molecule has 0 saturated carbocycles. The van der Waals surface area contributed by atoms with Crippen LogP contribution in [0.25, 0.3) is 10.2 Å². The van der Waals surface area contributed by atoms with E-state index in [2.05, 4.69) is 20.9 Å². The molecule has 0 saturated heterocycles. The molecule has 0 spiro atoms. The van der Waals surface area contributed by atoms with Crippen molar-refractivity contribution in [2.75, 3.05) is 0 Å². The highest BCUT2D eigenvalue weighted by atomic mass is 79.9. The molecular weight excluding hydrogens is 246 g/mol. The Morgan fingerprint density at radius 2 is 2.27 bits per heavy atom. The second-order valence-corrected chi connectivity index (χ2v) is 4.49. The molecule has 56 valence electrons. The summed E-state index contributed by atoms with van der Waals surface area (Å²) >= 11 is 10.6. The van der Waals surface area contributed by atoms with E-state index in [0.29, 0.717) is 4.47 Å². The highest BCUT2D eigenvalue weighted by molar-refractivity contribution is 9.10. The summed E-state index contributed by atoms with van der Waals surface area (Å²) in [5.74, 6) is 0. The summed E-state index contributed by atoms with van der Waals surface area (Å²) in [4.78, 5) is 4.13. The smallest absolute Gasteiger partial charge is 0.184 e. The zero-order valence-corrected chi connectivity index (χ0v) is 8.50. The third kappa shape index (κ3) is 1.28. The van der Waals surface area contributed by atoms with Gasteiger partial charge >= 0.3 is 0 Å².